The van der Waals surface area contributed by atoms with Gasteiger partial charge in [-0.15, -0.1) is 0 Å². The standard InChI is InChI=1S/C15H14F3N3O2/c16-15(17,18)10-6-3-7-19-13(10)12-8-11(14(22)23)20-21(12)9-4-1-2-5-9/h3,6-9H,1-2,4-5H2,(H,22,23). The van der Waals surface area contributed by atoms with E-state index in [2.05, 4.69) is 10.1 Å². The van der Waals surface area contributed by atoms with Crippen molar-refractivity contribution in [2.75, 3.05) is 0 Å². The Hall–Kier alpha value is -2.38. The number of halogens is 3. The highest BCUT2D eigenvalue weighted by molar-refractivity contribution is 5.87. The third-order valence-corrected chi connectivity index (χ3v) is 3.98. The van der Waals surface area contributed by atoms with E-state index in [1.807, 2.05) is 0 Å². The number of alkyl halides is 3. The number of aromatic nitrogens is 3. The van der Waals surface area contributed by atoms with Gasteiger partial charge < -0.3 is 5.11 Å². The fourth-order valence-electron chi connectivity index (χ4n) is 2.94. The van der Waals surface area contributed by atoms with E-state index < -0.39 is 17.7 Å². The minimum Gasteiger partial charge on any atom is -0.476 e. The summed E-state index contributed by atoms with van der Waals surface area (Å²) in [6.45, 7) is 0. The molecule has 0 bridgehead atoms. The van der Waals surface area contributed by atoms with E-state index in [-0.39, 0.29) is 23.1 Å². The number of rotatable bonds is 3. The maximum absolute atomic E-state index is 13.2. The van der Waals surface area contributed by atoms with Crippen LogP contribution in [0.1, 0.15) is 47.8 Å². The van der Waals surface area contributed by atoms with Crippen LogP contribution in [0, 0.1) is 0 Å². The fourth-order valence-corrected chi connectivity index (χ4v) is 2.94. The molecule has 8 heteroatoms. The number of carboxylic acid groups (broad SMARTS) is 1. The van der Waals surface area contributed by atoms with Crippen LogP contribution in [0.3, 0.4) is 0 Å². The molecule has 122 valence electrons. The van der Waals surface area contributed by atoms with Crippen LogP contribution in [0.2, 0.25) is 0 Å². The van der Waals surface area contributed by atoms with Crippen molar-refractivity contribution in [3.05, 3.63) is 35.7 Å². The van der Waals surface area contributed by atoms with Crippen molar-refractivity contribution >= 4 is 5.97 Å². The third kappa shape index (κ3) is 2.93. The molecule has 0 aliphatic heterocycles. The second-order valence-corrected chi connectivity index (χ2v) is 5.50. The molecule has 1 saturated carbocycles. The van der Waals surface area contributed by atoms with E-state index in [0.29, 0.717) is 0 Å². The summed E-state index contributed by atoms with van der Waals surface area (Å²) < 4.78 is 41.1. The average molecular weight is 325 g/mol. The Morgan fingerprint density at radius 1 is 1.30 bits per heavy atom. The molecular weight excluding hydrogens is 311 g/mol. The Balaban J connectivity index is 2.18. The summed E-state index contributed by atoms with van der Waals surface area (Å²) in [7, 11) is 0. The number of pyridine rings is 1. The van der Waals surface area contributed by atoms with Gasteiger partial charge in [0.15, 0.2) is 5.69 Å². The lowest BCUT2D eigenvalue weighted by Crippen LogP contribution is -2.13. The molecule has 5 nitrogen and oxygen atoms in total. The Kier molecular flexibility index (Phi) is 3.83. The summed E-state index contributed by atoms with van der Waals surface area (Å²) in [4.78, 5) is 15.0. The molecule has 1 N–H and O–H groups in total. The maximum Gasteiger partial charge on any atom is 0.418 e. The van der Waals surface area contributed by atoms with Crippen LogP contribution in [0.5, 0.6) is 0 Å². The lowest BCUT2D eigenvalue weighted by atomic mass is 10.1. The fraction of sp³-hybridized carbons (Fsp3) is 0.400. The molecule has 3 rings (SSSR count). The first-order valence-electron chi connectivity index (χ1n) is 7.23. The Morgan fingerprint density at radius 2 is 2.00 bits per heavy atom. The summed E-state index contributed by atoms with van der Waals surface area (Å²) in [5.74, 6) is -1.27. The van der Waals surface area contributed by atoms with Gasteiger partial charge in [-0.1, -0.05) is 12.8 Å². The zero-order valence-corrected chi connectivity index (χ0v) is 12.0. The highest BCUT2D eigenvalue weighted by Crippen LogP contribution is 2.38. The van der Waals surface area contributed by atoms with Crippen molar-refractivity contribution in [2.45, 2.75) is 37.9 Å². The quantitative estimate of drug-likeness (QED) is 0.932. The van der Waals surface area contributed by atoms with Gasteiger partial charge in [-0.25, -0.2) is 4.79 Å². The van der Waals surface area contributed by atoms with Gasteiger partial charge in [0.25, 0.3) is 0 Å². The van der Waals surface area contributed by atoms with E-state index in [4.69, 9.17) is 5.11 Å². The lowest BCUT2D eigenvalue weighted by molar-refractivity contribution is -0.137. The molecule has 1 aliphatic rings. The Morgan fingerprint density at radius 3 is 2.61 bits per heavy atom. The Labute approximate surface area is 129 Å². The van der Waals surface area contributed by atoms with Crippen LogP contribution < -0.4 is 0 Å². The highest BCUT2D eigenvalue weighted by Gasteiger charge is 2.36. The normalized spacial score (nSPS) is 16.0. The molecule has 23 heavy (non-hydrogen) atoms. The molecule has 0 unspecified atom stereocenters. The molecule has 1 aliphatic carbocycles. The minimum atomic E-state index is -4.57. The number of hydrogen-bond acceptors (Lipinski definition) is 3. The first-order valence-corrected chi connectivity index (χ1v) is 7.23. The zero-order chi connectivity index (χ0) is 16.6. The first kappa shape index (κ1) is 15.5. The molecule has 0 aromatic carbocycles. The van der Waals surface area contributed by atoms with E-state index in [9.17, 15) is 18.0 Å². The second-order valence-electron chi connectivity index (χ2n) is 5.50. The number of carboxylic acids is 1. The zero-order valence-electron chi connectivity index (χ0n) is 12.0. The van der Waals surface area contributed by atoms with Gasteiger partial charge in [0.1, 0.15) is 5.69 Å². The van der Waals surface area contributed by atoms with Crippen LogP contribution in [0.4, 0.5) is 13.2 Å². The van der Waals surface area contributed by atoms with Gasteiger partial charge in [-0.2, -0.15) is 18.3 Å². The summed E-state index contributed by atoms with van der Waals surface area (Å²) in [5.41, 5.74) is -1.35. The third-order valence-electron chi connectivity index (χ3n) is 3.98. The van der Waals surface area contributed by atoms with Crippen LogP contribution in [-0.2, 0) is 6.18 Å². The summed E-state index contributed by atoms with van der Waals surface area (Å²) in [5, 5.41) is 13.1. The van der Waals surface area contributed by atoms with Crippen molar-refractivity contribution in [3.63, 3.8) is 0 Å². The number of hydrogen-bond donors (Lipinski definition) is 1. The monoisotopic (exact) mass is 325 g/mol. The largest absolute Gasteiger partial charge is 0.476 e. The number of carbonyl (C=O) groups is 1. The maximum atomic E-state index is 13.2. The smallest absolute Gasteiger partial charge is 0.418 e. The molecule has 1 fully saturated rings. The van der Waals surface area contributed by atoms with Crippen LogP contribution in [0.15, 0.2) is 24.4 Å². The SMILES string of the molecule is O=C(O)c1cc(-c2ncccc2C(F)(F)F)n(C2CCCC2)n1. The average Bonchev–Trinajstić information content (AvgIpc) is 3.15. The van der Waals surface area contributed by atoms with Crippen LogP contribution >= 0.6 is 0 Å². The van der Waals surface area contributed by atoms with E-state index >= 15 is 0 Å². The summed E-state index contributed by atoms with van der Waals surface area (Å²) in [6, 6.07) is 3.22. The van der Waals surface area contributed by atoms with Gasteiger partial charge in [-0.3, -0.25) is 9.67 Å². The molecule has 0 saturated heterocycles. The van der Waals surface area contributed by atoms with Crippen LogP contribution in [-0.4, -0.2) is 25.8 Å². The molecule has 0 spiro atoms. The lowest BCUT2D eigenvalue weighted by Gasteiger charge is -2.16. The van der Waals surface area contributed by atoms with Crippen molar-refractivity contribution < 1.29 is 23.1 Å². The molecule has 0 atom stereocenters. The molecule has 0 radical (unpaired) electrons. The predicted molar refractivity (Wildman–Crippen MR) is 74.9 cm³/mol. The summed E-state index contributed by atoms with van der Waals surface area (Å²) >= 11 is 0. The van der Waals surface area contributed by atoms with Crippen molar-refractivity contribution in [2.24, 2.45) is 0 Å². The van der Waals surface area contributed by atoms with Gasteiger partial charge in [0.05, 0.1) is 17.3 Å². The van der Waals surface area contributed by atoms with Gasteiger partial charge >= 0.3 is 12.1 Å². The van der Waals surface area contributed by atoms with Crippen molar-refractivity contribution in [1.29, 1.82) is 0 Å². The van der Waals surface area contributed by atoms with E-state index in [0.717, 1.165) is 37.8 Å². The molecule has 2 heterocycles. The number of nitrogens with zero attached hydrogens (tertiary/aromatic N) is 3. The molecule has 2 aromatic heterocycles. The molecule has 0 amide bonds. The number of aromatic carboxylic acids is 1. The highest BCUT2D eigenvalue weighted by atomic mass is 19.4. The minimum absolute atomic E-state index is 0.0961. The second kappa shape index (κ2) is 5.68. The predicted octanol–water partition coefficient (Wildman–Crippen LogP) is 3.78. The van der Waals surface area contributed by atoms with E-state index in [1.165, 1.54) is 16.9 Å². The van der Waals surface area contributed by atoms with Crippen molar-refractivity contribution in [1.82, 2.24) is 14.8 Å². The topological polar surface area (TPSA) is 68.0 Å². The van der Waals surface area contributed by atoms with Crippen molar-refractivity contribution in [3.8, 4) is 11.4 Å². The van der Waals surface area contributed by atoms with Gasteiger partial charge in [0, 0.05) is 12.3 Å². The summed E-state index contributed by atoms with van der Waals surface area (Å²) in [6.07, 6.45) is 0.111. The molecular formula is C15H14F3N3O2. The van der Waals surface area contributed by atoms with Crippen LogP contribution in [0.25, 0.3) is 11.4 Å². The van der Waals surface area contributed by atoms with Gasteiger partial charge in [-0.05, 0) is 25.0 Å². The van der Waals surface area contributed by atoms with E-state index in [1.54, 1.807) is 0 Å². The first-order chi connectivity index (χ1) is 10.9. The Bertz CT molecular complexity index is 734. The molecule has 2 aromatic rings. The van der Waals surface area contributed by atoms with Gasteiger partial charge in [0.2, 0.25) is 0 Å².